The number of nitrogens with one attached hydrogen (secondary N) is 2. The maximum Gasteiger partial charge on any atom is 0.386 e. The van der Waals surface area contributed by atoms with E-state index in [2.05, 4.69) is 15.6 Å². The molecule has 18 heavy (non-hydrogen) atoms. The Hall–Kier alpha value is -2.22. The van der Waals surface area contributed by atoms with Gasteiger partial charge in [-0.25, -0.2) is 0 Å². The molecule has 0 aliphatic heterocycles. The molecule has 0 saturated heterocycles. The van der Waals surface area contributed by atoms with E-state index in [-0.39, 0.29) is 24.0 Å². The van der Waals surface area contributed by atoms with E-state index in [1.165, 1.54) is 19.4 Å². The molecule has 0 aromatic carbocycles. The van der Waals surface area contributed by atoms with E-state index in [9.17, 15) is 14.9 Å². The van der Waals surface area contributed by atoms with Gasteiger partial charge in [0.15, 0.2) is 0 Å². The van der Waals surface area contributed by atoms with Crippen LogP contribution in [-0.2, 0) is 9.53 Å². The van der Waals surface area contributed by atoms with Crippen molar-refractivity contribution in [3.05, 3.63) is 28.4 Å². The van der Waals surface area contributed by atoms with Crippen LogP contribution in [0.25, 0.3) is 0 Å². The number of carbonyl (C=O) groups excluding carboxylic acids is 1. The lowest BCUT2D eigenvalue weighted by Gasteiger charge is -2.07. The highest BCUT2D eigenvalue weighted by molar-refractivity contribution is 5.81. The maximum atomic E-state index is 11.4. The lowest BCUT2D eigenvalue weighted by atomic mass is 10.4. The van der Waals surface area contributed by atoms with E-state index < -0.39 is 4.92 Å². The molecular formula is C10H14N4O4. The molecule has 8 nitrogen and oxygen atoms in total. The molecule has 98 valence electrons. The summed E-state index contributed by atoms with van der Waals surface area (Å²) >= 11 is 0. The Morgan fingerprint density at radius 3 is 3.06 bits per heavy atom. The highest BCUT2D eigenvalue weighted by atomic mass is 16.6. The number of amides is 1. The number of rotatable bonds is 7. The SMILES string of the molecule is COCCNC(=O)CNc1cccnc1[N+](=O)[O-]. The summed E-state index contributed by atoms with van der Waals surface area (Å²) in [5.74, 6) is -0.576. The van der Waals surface area contributed by atoms with Crippen LogP contribution in [0.15, 0.2) is 18.3 Å². The predicted molar refractivity (Wildman–Crippen MR) is 64.3 cm³/mol. The number of nitrogens with zero attached hydrogens (tertiary/aromatic N) is 2. The molecule has 0 radical (unpaired) electrons. The summed E-state index contributed by atoms with van der Waals surface area (Å²) in [7, 11) is 1.53. The van der Waals surface area contributed by atoms with E-state index in [1.54, 1.807) is 6.07 Å². The second-order valence-electron chi connectivity index (χ2n) is 3.33. The molecule has 1 aromatic heterocycles. The maximum absolute atomic E-state index is 11.4. The zero-order valence-electron chi connectivity index (χ0n) is 9.88. The van der Waals surface area contributed by atoms with Gasteiger partial charge in [0.05, 0.1) is 13.2 Å². The molecule has 0 fully saturated rings. The standard InChI is InChI=1S/C10H14N4O4/c1-18-6-5-11-9(15)7-13-8-3-2-4-12-10(8)14(16)17/h2-4,13H,5-7H2,1H3,(H,11,15). The fraction of sp³-hybridized carbons (Fsp3) is 0.400. The first-order valence-corrected chi connectivity index (χ1v) is 5.24. The number of ether oxygens (including phenoxy) is 1. The van der Waals surface area contributed by atoms with Crippen molar-refractivity contribution in [1.29, 1.82) is 0 Å². The molecule has 0 atom stereocenters. The second-order valence-corrected chi connectivity index (χ2v) is 3.33. The van der Waals surface area contributed by atoms with Gasteiger partial charge in [0.25, 0.3) is 0 Å². The van der Waals surface area contributed by atoms with Crippen molar-refractivity contribution >= 4 is 17.4 Å². The number of hydrogen-bond acceptors (Lipinski definition) is 6. The molecule has 1 aromatic rings. The Balaban J connectivity index is 2.48. The van der Waals surface area contributed by atoms with E-state index in [4.69, 9.17) is 4.74 Å². The average Bonchev–Trinajstić information content (AvgIpc) is 2.37. The first kappa shape index (κ1) is 13.8. The molecule has 0 aliphatic rings. The summed E-state index contributed by atoms with van der Waals surface area (Å²) in [4.78, 5) is 25.0. The zero-order valence-corrected chi connectivity index (χ0v) is 9.88. The first-order valence-electron chi connectivity index (χ1n) is 5.24. The molecule has 8 heteroatoms. The van der Waals surface area contributed by atoms with Crippen LogP contribution in [0.2, 0.25) is 0 Å². The predicted octanol–water partition coefficient (Wildman–Crippen LogP) is 0.164. The number of anilines is 1. The topological polar surface area (TPSA) is 106 Å². The summed E-state index contributed by atoms with van der Waals surface area (Å²) in [6.07, 6.45) is 1.32. The summed E-state index contributed by atoms with van der Waals surface area (Å²) in [6, 6.07) is 3.05. The van der Waals surface area contributed by atoms with Gasteiger partial charge in [-0.1, -0.05) is 0 Å². The van der Waals surface area contributed by atoms with Gasteiger partial charge < -0.3 is 25.5 Å². The summed E-state index contributed by atoms with van der Waals surface area (Å²) in [6.45, 7) is 0.751. The third-order valence-electron chi connectivity index (χ3n) is 2.03. The van der Waals surface area contributed by atoms with Gasteiger partial charge in [0.2, 0.25) is 5.91 Å². The normalized spacial score (nSPS) is 9.83. The van der Waals surface area contributed by atoms with Crippen LogP contribution >= 0.6 is 0 Å². The zero-order chi connectivity index (χ0) is 13.4. The van der Waals surface area contributed by atoms with Crippen molar-refractivity contribution in [3.8, 4) is 0 Å². The van der Waals surface area contributed by atoms with E-state index in [0.717, 1.165) is 0 Å². The highest BCUT2D eigenvalue weighted by Gasteiger charge is 2.14. The number of hydrogen-bond donors (Lipinski definition) is 2. The monoisotopic (exact) mass is 254 g/mol. The van der Waals surface area contributed by atoms with Crippen molar-refractivity contribution in [2.24, 2.45) is 0 Å². The summed E-state index contributed by atoms with van der Waals surface area (Å²) < 4.78 is 4.77. The molecule has 0 saturated carbocycles. The molecule has 2 N–H and O–H groups in total. The van der Waals surface area contributed by atoms with Crippen LogP contribution in [0.4, 0.5) is 11.5 Å². The van der Waals surface area contributed by atoms with E-state index in [1.807, 2.05) is 0 Å². The fourth-order valence-corrected chi connectivity index (χ4v) is 1.21. The number of methoxy groups -OCH3 is 1. The average molecular weight is 254 g/mol. The third kappa shape index (κ3) is 4.34. The molecule has 0 spiro atoms. The molecular weight excluding hydrogens is 240 g/mol. The number of carbonyl (C=O) groups is 1. The lowest BCUT2D eigenvalue weighted by molar-refractivity contribution is -0.388. The Labute approximate surface area is 104 Å². The molecule has 0 bridgehead atoms. The largest absolute Gasteiger partial charge is 0.386 e. The van der Waals surface area contributed by atoms with Gasteiger partial charge in [0, 0.05) is 13.7 Å². The summed E-state index contributed by atoms with van der Waals surface area (Å²) in [5, 5.41) is 15.9. The van der Waals surface area contributed by atoms with Crippen LogP contribution in [0, 0.1) is 10.1 Å². The molecule has 0 unspecified atom stereocenters. The van der Waals surface area contributed by atoms with Crippen LogP contribution in [0.3, 0.4) is 0 Å². The first-order chi connectivity index (χ1) is 8.65. The fourth-order valence-electron chi connectivity index (χ4n) is 1.21. The van der Waals surface area contributed by atoms with Crippen LogP contribution < -0.4 is 10.6 Å². The summed E-state index contributed by atoms with van der Waals surface area (Å²) in [5.41, 5.74) is 0.212. The Morgan fingerprint density at radius 1 is 1.61 bits per heavy atom. The smallest absolute Gasteiger partial charge is 0.383 e. The van der Waals surface area contributed by atoms with Gasteiger partial charge in [-0.05, 0) is 22.0 Å². The quantitative estimate of drug-likeness (QED) is 0.408. The minimum absolute atomic E-state index is 0.0593. The lowest BCUT2D eigenvalue weighted by Crippen LogP contribution is -2.32. The van der Waals surface area contributed by atoms with Crippen molar-refractivity contribution < 1.29 is 14.5 Å². The Morgan fingerprint density at radius 2 is 2.39 bits per heavy atom. The van der Waals surface area contributed by atoms with Crippen LogP contribution in [0.5, 0.6) is 0 Å². The second kappa shape index (κ2) is 7.17. The van der Waals surface area contributed by atoms with Crippen molar-refractivity contribution in [3.63, 3.8) is 0 Å². The van der Waals surface area contributed by atoms with Crippen molar-refractivity contribution in [1.82, 2.24) is 10.3 Å². The number of aromatic nitrogens is 1. The molecule has 0 aliphatic carbocycles. The van der Waals surface area contributed by atoms with Gasteiger partial charge in [-0.3, -0.25) is 4.79 Å². The van der Waals surface area contributed by atoms with Crippen molar-refractivity contribution in [2.45, 2.75) is 0 Å². The highest BCUT2D eigenvalue weighted by Crippen LogP contribution is 2.19. The Kier molecular flexibility index (Phi) is 5.52. The van der Waals surface area contributed by atoms with Crippen molar-refractivity contribution in [2.75, 3.05) is 32.1 Å². The van der Waals surface area contributed by atoms with Gasteiger partial charge in [-0.2, -0.15) is 0 Å². The molecule has 1 rings (SSSR count). The molecule has 1 heterocycles. The van der Waals surface area contributed by atoms with Gasteiger partial charge >= 0.3 is 5.82 Å². The Bertz CT molecular complexity index is 424. The third-order valence-corrected chi connectivity index (χ3v) is 2.03. The van der Waals surface area contributed by atoms with Gasteiger partial charge in [0.1, 0.15) is 11.9 Å². The van der Waals surface area contributed by atoms with E-state index >= 15 is 0 Å². The van der Waals surface area contributed by atoms with E-state index in [0.29, 0.717) is 13.2 Å². The number of pyridine rings is 1. The van der Waals surface area contributed by atoms with Crippen LogP contribution in [-0.4, -0.2) is 42.6 Å². The number of nitro groups is 1. The minimum atomic E-state index is -0.606. The minimum Gasteiger partial charge on any atom is -0.383 e. The van der Waals surface area contributed by atoms with Crippen LogP contribution in [0.1, 0.15) is 0 Å². The van der Waals surface area contributed by atoms with Gasteiger partial charge in [-0.15, -0.1) is 0 Å². The molecule has 1 amide bonds.